The van der Waals surface area contributed by atoms with Crippen molar-refractivity contribution in [3.8, 4) is 0 Å². The molecule has 1 saturated carbocycles. The lowest BCUT2D eigenvalue weighted by atomic mass is 10.1. The number of nitrogens with one attached hydrogen (secondary N) is 1. The van der Waals surface area contributed by atoms with E-state index in [4.69, 9.17) is 0 Å². The van der Waals surface area contributed by atoms with Crippen LogP contribution < -0.4 is 5.32 Å². The van der Waals surface area contributed by atoms with E-state index >= 15 is 0 Å². The first-order valence-electron chi connectivity index (χ1n) is 9.10. The summed E-state index contributed by atoms with van der Waals surface area (Å²) in [5.74, 6) is 0.492. The summed E-state index contributed by atoms with van der Waals surface area (Å²) in [5, 5.41) is 12.1. The summed E-state index contributed by atoms with van der Waals surface area (Å²) in [6.45, 7) is 9.98. The molecular formula is C19H29N5O. The van der Waals surface area contributed by atoms with Crippen molar-refractivity contribution in [2.24, 2.45) is 18.4 Å². The molecule has 3 rings (SSSR count). The van der Waals surface area contributed by atoms with E-state index in [2.05, 4.69) is 47.0 Å². The Kier molecular flexibility index (Phi) is 4.71. The third-order valence-electron chi connectivity index (χ3n) is 4.95. The predicted octanol–water partition coefficient (Wildman–Crippen LogP) is 2.64. The van der Waals surface area contributed by atoms with Gasteiger partial charge in [-0.25, -0.2) is 0 Å². The van der Waals surface area contributed by atoms with Crippen molar-refractivity contribution in [2.45, 2.75) is 53.5 Å². The Balaban J connectivity index is 1.60. The van der Waals surface area contributed by atoms with Gasteiger partial charge in [0.2, 0.25) is 0 Å². The van der Waals surface area contributed by atoms with Crippen molar-refractivity contribution < 1.29 is 4.79 Å². The number of aryl methyl sites for hydroxylation is 3. The minimum absolute atomic E-state index is 0.0374. The molecule has 25 heavy (non-hydrogen) atoms. The van der Waals surface area contributed by atoms with Crippen molar-refractivity contribution >= 4 is 5.91 Å². The van der Waals surface area contributed by atoms with Crippen molar-refractivity contribution in [2.75, 3.05) is 6.54 Å². The number of nitrogens with zero attached hydrogens (tertiary/aromatic N) is 4. The molecule has 0 atom stereocenters. The van der Waals surface area contributed by atoms with Crippen LogP contribution in [0.15, 0.2) is 12.1 Å². The summed E-state index contributed by atoms with van der Waals surface area (Å²) >= 11 is 0. The fraction of sp³-hybridized carbons (Fsp3) is 0.632. The summed E-state index contributed by atoms with van der Waals surface area (Å²) in [5.41, 5.74) is 3.99. The van der Waals surface area contributed by atoms with Gasteiger partial charge in [-0.15, -0.1) is 0 Å². The van der Waals surface area contributed by atoms with Crippen molar-refractivity contribution in [1.82, 2.24) is 24.9 Å². The molecule has 0 unspecified atom stereocenters. The highest BCUT2D eigenvalue weighted by atomic mass is 16.2. The lowest BCUT2D eigenvalue weighted by molar-refractivity contribution is 0.0933. The van der Waals surface area contributed by atoms with E-state index in [0.717, 1.165) is 37.2 Å². The van der Waals surface area contributed by atoms with Gasteiger partial charge in [0.25, 0.3) is 5.91 Å². The van der Waals surface area contributed by atoms with Gasteiger partial charge in [0.1, 0.15) is 5.69 Å². The Morgan fingerprint density at radius 1 is 1.28 bits per heavy atom. The van der Waals surface area contributed by atoms with Crippen LogP contribution >= 0.6 is 0 Å². The van der Waals surface area contributed by atoms with Gasteiger partial charge in [-0.1, -0.05) is 13.8 Å². The topological polar surface area (TPSA) is 64.7 Å². The summed E-state index contributed by atoms with van der Waals surface area (Å²) in [6.07, 6.45) is 3.16. The van der Waals surface area contributed by atoms with Crippen molar-refractivity contribution in [3.05, 3.63) is 34.9 Å². The largest absolute Gasteiger partial charge is 0.350 e. The average molecular weight is 343 g/mol. The second-order valence-corrected chi connectivity index (χ2v) is 8.01. The summed E-state index contributed by atoms with van der Waals surface area (Å²) < 4.78 is 3.76. The molecule has 0 radical (unpaired) electrons. The number of carbonyl (C=O) groups excluding carboxylic acids is 1. The summed E-state index contributed by atoms with van der Waals surface area (Å²) in [6, 6.07) is 4.01. The van der Waals surface area contributed by atoms with Crippen LogP contribution in [-0.2, 0) is 20.0 Å². The minimum Gasteiger partial charge on any atom is -0.350 e. The molecule has 1 aliphatic rings. The standard InChI is InChI=1S/C19H29N5O/c1-13(2)8-16-10-17(23(5)22-16)18(25)20-11-19(6-7-19)12-24-15(4)9-14(3)21-24/h9-10,13H,6-8,11-12H2,1-5H3,(H,20,25). The van der Waals surface area contributed by atoms with E-state index in [1.807, 2.05) is 20.0 Å². The van der Waals surface area contributed by atoms with E-state index < -0.39 is 0 Å². The highest BCUT2D eigenvalue weighted by molar-refractivity contribution is 5.92. The fourth-order valence-corrected chi connectivity index (χ4v) is 3.34. The van der Waals surface area contributed by atoms with E-state index in [1.54, 1.807) is 4.68 Å². The lowest BCUT2D eigenvalue weighted by Crippen LogP contribution is -2.33. The zero-order valence-electron chi connectivity index (χ0n) is 16.0. The van der Waals surface area contributed by atoms with Gasteiger partial charge >= 0.3 is 0 Å². The predicted molar refractivity (Wildman–Crippen MR) is 97.5 cm³/mol. The first-order valence-corrected chi connectivity index (χ1v) is 9.10. The molecule has 2 aromatic rings. The van der Waals surface area contributed by atoms with Gasteiger partial charge in [-0.2, -0.15) is 10.2 Å². The maximum Gasteiger partial charge on any atom is 0.269 e. The first-order chi connectivity index (χ1) is 11.8. The third-order valence-corrected chi connectivity index (χ3v) is 4.95. The first kappa shape index (κ1) is 17.7. The van der Waals surface area contributed by atoms with Crippen LogP contribution in [-0.4, -0.2) is 32.0 Å². The van der Waals surface area contributed by atoms with Gasteiger partial charge in [-0.3, -0.25) is 14.2 Å². The van der Waals surface area contributed by atoms with Crippen molar-refractivity contribution in [1.29, 1.82) is 0 Å². The van der Waals surface area contributed by atoms with E-state index in [9.17, 15) is 4.79 Å². The molecule has 1 N–H and O–H groups in total. The second kappa shape index (κ2) is 6.65. The number of amides is 1. The molecule has 1 fully saturated rings. The maximum absolute atomic E-state index is 12.6. The van der Waals surface area contributed by atoms with Crippen LogP contribution in [0.4, 0.5) is 0 Å². The monoisotopic (exact) mass is 343 g/mol. The van der Waals surface area contributed by atoms with Crippen LogP contribution in [0.1, 0.15) is 54.3 Å². The zero-order chi connectivity index (χ0) is 18.2. The van der Waals surface area contributed by atoms with Crippen LogP contribution in [0.2, 0.25) is 0 Å². The Labute approximate surface area is 149 Å². The summed E-state index contributed by atoms with van der Waals surface area (Å²) in [7, 11) is 1.83. The van der Waals surface area contributed by atoms with Gasteiger partial charge in [0, 0.05) is 31.2 Å². The molecule has 0 saturated heterocycles. The molecule has 2 heterocycles. The van der Waals surface area contributed by atoms with Gasteiger partial charge in [-0.05, 0) is 51.2 Å². The number of rotatable bonds is 7. The Morgan fingerprint density at radius 3 is 2.56 bits per heavy atom. The van der Waals surface area contributed by atoms with Gasteiger partial charge < -0.3 is 5.32 Å². The molecule has 0 bridgehead atoms. The molecule has 6 nitrogen and oxygen atoms in total. The average Bonchev–Trinajstić information content (AvgIpc) is 3.08. The highest BCUT2D eigenvalue weighted by Crippen LogP contribution is 2.46. The normalized spacial score (nSPS) is 15.6. The number of carbonyl (C=O) groups is 1. The van der Waals surface area contributed by atoms with Crippen LogP contribution in [0.5, 0.6) is 0 Å². The highest BCUT2D eigenvalue weighted by Gasteiger charge is 2.43. The molecule has 1 amide bonds. The smallest absolute Gasteiger partial charge is 0.269 e. The van der Waals surface area contributed by atoms with Crippen LogP contribution in [0.25, 0.3) is 0 Å². The third kappa shape index (κ3) is 4.11. The second-order valence-electron chi connectivity index (χ2n) is 8.01. The number of hydrogen-bond donors (Lipinski definition) is 1. The quantitative estimate of drug-likeness (QED) is 0.840. The molecular weight excluding hydrogens is 314 g/mol. The molecule has 136 valence electrons. The SMILES string of the molecule is Cc1cc(C)n(CC2(CNC(=O)c3cc(CC(C)C)nn3C)CC2)n1. The Hall–Kier alpha value is -2.11. The Morgan fingerprint density at radius 2 is 2.00 bits per heavy atom. The minimum atomic E-state index is -0.0374. The molecule has 0 aromatic carbocycles. The van der Waals surface area contributed by atoms with E-state index in [0.29, 0.717) is 18.2 Å². The number of hydrogen-bond acceptors (Lipinski definition) is 3. The molecule has 6 heteroatoms. The van der Waals surface area contributed by atoms with Crippen molar-refractivity contribution in [3.63, 3.8) is 0 Å². The molecule has 0 aliphatic heterocycles. The van der Waals surface area contributed by atoms with E-state index in [-0.39, 0.29) is 11.3 Å². The number of aromatic nitrogens is 4. The lowest BCUT2D eigenvalue weighted by Gasteiger charge is -2.17. The van der Waals surface area contributed by atoms with Crippen LogP contribution in [0.3, 0.4) is 0 Å². The maximum atomic E-state index is 12.6. The Bertz CT molecular complexity index is 767. The molecule has 0 spiro atoms. The zero-order valence-corrected chi connectivity index (χ0v) is 16.0. The fourth-order valence-electron chi connectivity index (χ4n) is 3.34. The summed E-state index contributed by atoms with van der Waals surface area (Å²) in [4.78, 5) is 12.6. The van der Waals surface area contributed by atoms with E-state index in [1.165, 1.54) is 5.69 Å². The molecule has 1 aliphatic carbocycles. The van der Waals surface area contributed by atoms with Gasteiger partial charge in [0.05, 0.1) is 11.4 Å². The van der Waals surface area contributed by atoms with Crippen LogP contribution in [0, 0.1) is 25.2 Å². The van der Waals surface area contributed by atoms with Gasteiger partial charge in [0.15, 0.2) is 0 Å². The molecule has 2 aromatic heterocycles.